The van der Waals surface area contributed by atoms with E-state index in [0.29, 0.717) is 6.07 Å². The first-order chi connectivity index (χ1) is 11.3. The van der Waals surface area contributed by atoms with Gasteiger partial charge in [-0.2, -0.15) is 0 Å². The molecule has 0 aliphatic rings. The van der Waals surface area contributed by atoms with E-state index in [-0.39, 0.29) is 18.4 Å². The van der Waals surface area contributed by atoms with E-state index in [0.717, 1.165) is 16.1 Å². The summed E-state index contributed by atoms with van der Waals surface area (Å²) in [6, 6.07) is 9.26. The van der Waals surface area contributed by atoms with Crippen molar-refractivity contribution >= 4 is 27.7 Å². The minimum atomic E-state index is -0.915. The maximum Gasteiger partial charge on any atom is 0.240 e. The molecule has 0 bridgehead atoms. The molecule has 0 aliphatic carbocycles. The molecule has 126 valence electrons. The van der Waals surface area contributed by atoms with Crippen molar-refractivity contribution in [3.05, 3.63) is 69.7 Å². The molecule has 0 saturated heterocycles. The number of nitrogens with two attached hydrogens (primary N) is 1. The monoisotopic (exact) mass is 396 g/mol. The third-order valence-electron chi connectivity index (χ3n) is 3.40. The van der Waals surface area contributed by atoms with Crippen LogP contribution in [0, 0.1) is 11.6 Å². The lowest BCUT2D eigenvalue weighted by Gasteiger charge is -2.16. The Morgan fingerprint density at radius 3 is 2.38 bits per heavy atom. The second-order valence-corrected chi connectivity index (χ2v) is 6.18. The van der Waals surface area contributed by atoms with Crippen LogP contribution in [0.5, 0.6) is 0 Å². The van der Waals surface area contributed by atoms with Gasteiger partial charge < -0.3 is 11.1 Å². The number of benzene rings is 2. The van der Waals surface area contributed by atoms with Crippen LogP contribution in [0.15, 0.2) is 46.9 Å². The first-order valence-electron chi connectivity index (χ1n) is 7.12. The van der Waals surface area contributed by atoms with Crippen LogP contribution in [0.1, 0.15) is 11.1 Å². The van der Waals surface area contributed by atoms with Gasteiger partial charge in [-0.3, -0.25) is 9.59 Å². The fourth-order valence-electron chi connectivity index (χ4n) is 2.16. The van der Waals surface area contributed by atoms with Crippen LogP contribution in [-0.4, -0.2) is 17.9 Å². The van der Waals surface area contributed by atoms with Crippen molar-refractivity contribution in [3.8, 4) is 0 Å². The van der Waals surface area contributed by atoms with Gasteiger partial charge in [0.1, 0.15) is 17.7 Å². The highest BCUT2D eigenvalue weighted by Gasteiger charge is 2.19. The summed E-state index contributed by atoms with van der Waals surface area (Å²) in [6.07, 6.45) is -0.0868. The quantitative estimate of drug-likeness (QED) is 0.786. The topological polar surface area (TPSA) is 72.2 Å². The number of carbonyl (C=O) groups excluding carboxylic acids is 2. The van der Waals surface area contributed by atoms with Gasteiger partial charge in [-0.15, -0.1) is 0 Å². The highest BCUT2D eigenvalue weighted by atomic mass is 79.9. The van der Waals surface area contributed by atoms with E-state index in [1.165, 1.54) is 6.07 Å². The molecule has 24 heavy (non-hydrogen) atoms. The number of halogens is 3. The van der Waals surface area contributed by atoms with E-state index < -0.39 is 29.5 Å². The van der Waals surface area contributed by atoms with Crippen LogP contribution in [0.3, 0.4) is 0 Å². The summed E-state index contributed by atoms with van der Waals surface area (Å²) in [7, 11) is 0. The van der Waals surface area contributed by atoms with E-state index in [1.807, 2.05) is 12.1 Å². The minimum Gasteiger partial charge on any atom is -0.368 e. The second kappa shape index (κ2) is 8.01. The minimum absolute atomic E-state index is 0.0424. The first kappa shape index (κ1) is 18.1. The lowest BCUT2D eigenvalue weighted by molar-refractivity contribution is -0.127. The van der Waals surface area contributed by atoms with E-state index in [2.05, 4.69) is 21.2 Å². The molecule has 0 spiro atoms. The highest BCUT2D eigenvalue weighted by Crippen LogP contribution is 2.13. The van der Waals surface area contributed by atoms with E-state index >= 15 is 0 Å². The number of rotatable bonds is 6. The smallest absolute Gasteiger partial charge is 0.240 e. The molecule has 0 heterocycles. The average molecular weight is 397 g/mol. The zero-order valence-corrected chi connectivity index (χ0v) is 14.1. The summed E-state index contributed by atoms with van der Waals surface area (Å²) >= 11 is 3.31. The summed E-state index contributed by atoms with van der Waals surface area (Å²) in [6.45, 7) is 0. The number of carbonyl (C=O) groups is 2. The first-order valence-corrected chi connectivity index (χ1v) is 7.91. The van der Waals surface area contributed by atoms with Gasteiger partial charge >= 0.3 is 0 Å². The molecule has 3 N–H and O–H groups in total. The normalized spacial score (nSPS) is 11.8. The Morgan fingerprint density at radius 1 is 1.12 bits per heavy atom. The van der Waals surface area contributed by atoms with Crippen LogP contribution in [0.4, 0.5) is 8.78 Å². The summed E-state index contributed by atoms with van der Waals surface area (Å²) < 4.78 is 27.3. The largest absolute Gasteiger partial charge is 0.368 e. The van der Waals surface area contributed by atoms with Crippen LogP contribution < -0.4 is 11.1 Å². The molecule has 2 aromatic rings. The Balaban J connectivity index is 2.02. The summed E-state index contributed by atoms with van der Waals surface area (Å²) in [5.74, 6) is -2.79. The molecule has 0 saturated carbocycles. The molecule has 0 aliphatic heterocycles. The molecular weight excluding hydrogens is 382 g/mol. The van der Waals surface area contributed by atoms with Gasteiger partial charge in [0.05, 0.1) is 6.42 Å². The third kappa shape index (κ3) is 5.13. The molecule has 2 aromatic carbocycles. The number of nitrogens with one attached hydrogen (secondary N) is 1. The van der Waals surface area contributed by atoms with Crippen molar-refractivity contribution in [2.24, 2.45) is 5.73 Å². The fraction of sp³-hybridized carbons (Fsp3) is 0.176. The summed E-state index contributed by atoms with van der Waals surface area (Å²) in [5.41, 5.74) is 6.18. The Labute approximate surface area is 146 Å². The van der Waals surface area contributed by atoms with Crippen LogP contribution in [0.25, 0.3) is 0 Å². The number of amides is 2. The lowest BCUT2D eigenvalue weighted by atomic mass is 10.0. The van der Waals surface area contributed by atoms with Crippen molar-refractivity contribution in [1.82, 2.24) is 5.32 Å². The standard InChI is InChI=1S/C17H15BrF2N2O2/c18-12-4-1-10(2-5-12)7-15(17(21)24)22-16(23)8-11-3-6-13(19)9-14(11)20/h1-6,9,15H,7-8H2,(H2,21,24)(H,22,23)/t15-/m0/s1. The van der Waals surface area contributed by atoms with Crippen molar-refractivity contribution < 1.29 is 18.4 Å². The molecular formula is C17H15BrF2N2O2. The maximum absolute atomic E-state index is 13.6. The van der Waals surface area contributed by atoms with Gasteiger partial charge in [-0.25, -0.2) is 8.78 Å². The molecule has 4 nitrogen and oxygen atoms in total. The fourth-order valence-corrected chi connectivity index (χ4v) is 2.43. The molecule has 2 rings (SSSR count). The number of hydrogen-bond acceptors (Lipinski definition) is 2. The van der Waals surface area contributed by atoms with Crippen LogP contribution in [0.2, 0.25) is 0 Å². The zero-order chi connectivity index (χ0) is 17.7. The third-order valence-corrected chi connectivity index (χ3v) is 3.93. The molecule has 1 atom stereocenters. The number of hydrogen-bond donors (Lipinski definition) is 2. The highest BCUT2D eigenvalue weighted by molar-refractivity contribution is 9.10. The molecule has 2 amide bonds. The van der Waals surface area contributed by atoms with Crippen LogP contribution >= 0.6 is 15.9 Å². The second-order valence-electron chi connectivity index (χ2n) is 5.27. The van der Waals surface area contributed by atoms with E-state index in [4.69, 9.17) is 5.73 Å². The molecule has 0 aromatic heterocycles. The Morgan fingerprint density at radius 2 is 1.79 bits per heavy atom. The van der Waals surface area contributed by atoms with Crippen LogP contribution in [-0.2, 0) is 22.4 Å². The van der Waals surface area contributed by atoms with Crippen molar-refractivity contribution in [3.63, 3.8) is 0 Å². The predicted molar refractivity (Wildman–Crippen MR) is 89.0 cm³/mol. The van der Waals surface area contributed by atoms with Crippen molar-refractivity contribution in [1.29, 1.82) is 0 Å². The van der Waals surface area contributed by atoms with Gasteiger partial charge in [-0.1, -0.05) is 34.1 Å². The maximum atomic E-state index is 13.6. The van der Waals surface area contributed by atoms with E-state index in [1.54, 1.807) is 12.1 Å². The average Bonchev–Trinajstić information content (AvgIpc) is 2.51. The molecule has 0 unspecified atom stereocenters. The summed E-state index contributed by atoms with van der Waals surface area (Å²) in [4.78, 5) is 23.6. The predicted octanol–water partition coefficient (Wildman–Crippen LogP) is 2.48. The zero-order valence-electron chi connectivity index (χ0n) is 12.6. The van der Waals surface area contributed by atoms with Gasteiger partial charge in [0.25, 0.3) is 0 Å². The van der Waals surface area contributed by atoms with Crippen molar-refractivity contribution in [2.75, 3.05) is 0 Å². The molecule has 0 radical (unpaired) electrons. The van der Waals surface area contributed by atoms with Gasteiger partial charge in [0.15, 0.2) is 0 Å². The Kier molecular flexibility index (Phi) is 6.03. The Bertz CT molecular complexity index is 751. The molecule has 0 fully saturated rings. The summed E-state index contributed by atoms with van der Waals surface area (Å²) in [5, 5.41) is 2.48. The van der Waals surface area contributed by atoms with Gasteiger partial charge in [-0.05, 0) is 29.3 Å². The number of primary amides is 1. The van der Waals surface area contributed by atoms with E-state index in [9.17, 15) is 18.4 Å². The molecule has 7 heteroatoms. The lowest BCUT2D eigenvalue weighted by Crippen LogP contribution is -2.46. The Hall–Kier alpha value is -2.28. The van der Waals surface area contributed by atoms with Crippen molar-refractivity contribution in [2.45, 2.75) is 18.9 Å². The SMILES string of the molecule is NC(=O)[C@H](Cc1ccc(Br)cc1)NC(=O)Cc1ccc(F)cc1F. The van der Waals surface area contributed by atoms with Gasteiger partial charge in [0.2, 0.25) is 11.8 Å². The van der Waals surface area contributed by atoms with Gasteiger partial charge in [0, 0.05) is 17.0 Å².